The van der Waals surface area contributed by atoms with Gasteiger partial charge >= 0.3 is 5.97 Å². The molecule has 0 unspecified atom stereocenters. The summed E-state index contributed by atoms with van der Waals surface area (Å²) in [5.74, 6) is 0.418. The van der Waals surface area contributed by atoms with Gasteiger partial charge in [0.2, 0.25) is 0 Å². The van der Waals surface area contributed by atoms with E-state index >= 15 is 0 Å². The SMILES string of the molecule is CCOC(=O)c1c([C@@H]2COc3ccccc3O2)csc1NC(=O)c1ccco1. The molecule has 0 saturated heterocycles. The number of hydrogen-bond donors (Lipinski definition) is 1. The number of nitrogens with one attached hydrogen (secondary N) is 1. The first-order valence-electron chi connectivity index (χ1n) is 8.69. The Hall–Kier alpha value is -3.26. The Bertz CT molecular complexity index is 994. The van der Waals surface area contributed by atoms with Crippen molar-refractivity contribution in [2.75, 3.05) is 18.5 Å². The molecule has 1 amide bonds. The molecule has 0 radical (unpaired) electrons. The lowest BCUT2D eigenvalue weighted by atomic mass is 10.1. The number of furan rings is 1. The molecule has 0 aliphatic carbocycles. The van der Waals surface area contributed by atoms with Crippen molar-refractivity contribution < 1.29 is 28.2 Å². The van der Waals surface area contributed by atoms with E-state index in [2.05, 4.69) is 5.32 Å². The average Bonchev–Trinajstić information content (AvgIpc) is 3.38. The van der Waals surface area contributed by atoms with Crippen molar-refractivity contribution >= 4 is 28.2 Å². The Kier molecular flexibility index (Phi) is 5.03. The number of carbonyl (C=O) groups is 2. The molecule has 7 nitrogen and oxygen atoms in total. The molecule has 3 aromatic rings. The van der Waals surface area contributed by atoms with Crippen LogP contribution in [0.5, 0.6) is 11.5 Å². The number of ether oxygens (including phenoxy) is 3. The van der Waals surface area contributed by atoms with Crippen molar-refractivity contribution in [1.82, 2.24) is 0 Å². The summed E-state index contributed by atoms with van der Waals surface area (Å²) in [7, 11) is 0. The molecule has 28 heavy (non-hydrogen) atoms. The van der Waals surface area contributed by atoms with E-state index in [0.717, 1.165) is 0 Å². The minimum absolute atomic E-state index is 0.149. The predicted octanol–water partition coefficient (Wildman–Crippen LogP) is 4.28. The van der Waals surface area contributed by atoms with Gasteiger partial charge in [0.25, 0.3) is 5.91 Å². The van der Waals surface area contributed by atoms with Gasteiger partial charge in [-0.3, -0.25) is 4.79 Å². The van der Waals surface area contributed by atoms with Crippen LogP contribution in [0.15, 0.2) is 52.5 Å². The Morgan fingerprint density at radius 2 is 2.04 bits per heavy atom. The summed E-state index contributed by atoms with van der Waals surface area (Å²) in [4.78, 5) is 25.0. The van der Waals surface area contributed by atoms with Gasteiger partial charge in [0.05, 0.1) is 12.9 Å². The lowest BCUT2D eigenvalue weighted by molar-refractivity contribution is 0.0513. The van der Waals surface area contributed by atoms with Crippen LogP contribution in [0.4, 0.5) is 5.00 Å². The van der Waals surface area contributed by atoms with Crippen molar-refractivity contribution in [1.29, 1.82) is 0 Å². The zero-order valence-corrected chi connectivity index (χ0v) is 15.8. The van der Waals surface area contributed by atoms with Gasteiger partial charge in [-0.25, -0.2) is 4.79 Å². The first-order chi connectivity index (χ1) is 13.7. The van der Waals surface area contributed by atoms with Gasteiger partial charge < -0.3 is 23.9 Å². The van der Waals surface area contributed by atoms with E-state index < -0.39 is 18.0 Å². The van der Waals surface area contributed by atoms with Gasteiger partial charge in [-0.2, -0.15) is 0 Å². The largest absolute Gasteiger partial charge is 0.485 e. The van der Waals surface area contributed by atoms with Crippen LogP contribution in [-0.4, -0.2) is 25.1 Å². The van der Waals surface area contributed by atoms with E-state index in [0.29, 0.717) is 22.1 Å². The Morgan fingerprint density at radius 1 is 1.21 bits per heavy atom. The molecule has 3 heterocycles. The number of amides is 1. The Morgan fingerprint density at radius 3 is 2.79 bits per heavy atom. The molecule has 2 aromatic heterocycles. The lowest BCUT2D eigenvalue weighted by Crippen LogP contribution is -2.23. The number of anilines is 1. The molecule has 0 bridgehead atoms. The van der Waals surface area contributed by atoms with Crippen molar-refractivity contribution in [3.63, 3.8) is 0 Å². The lowest BCUT2D eigenvalue weighted by Gasteiger charge is -2.26. The Balaban J connectivity index is 1.65. The first kappa shape index (κ1) is 18.1. The highest BCUT2D eigenvalue weighted by molar-refractivity contribution is 7.15. The van der Waals surface area contributed by atoms with Crippen molar-refractivity contribution in [3.05, 3.63) is 64.9 Å². The first-order valence-corrected chi connectivity index (χ1v) is 9.57. The number of esters is 1. The van der Waals surface area contributed by atoms with E-state index in [1.165, 1.54) is 17.6 Å². The molecule has 1 aromatic carbocycles. The maximum Gasteiger partial charge on any atom is 0.341 e. The van der Waals surface area contributed by atoms with Crippen LogP contribution in [-0.2, 0) is 4.74 Å². The van der Waals surface area contributed by atoms with E-state index in [-0.39, 0.29) is 24.5 Å². The molecule has 1 N–H and O–H groups in total. The molecular weight excluding hydrogens is 382 g/mol. The predicted molar refractivity (Wildman–Crippen MR) is 102 cm³/mol. The summed E-state index contributed by atoms with van der Waals surface area (Å²) < 4.78 is 22.1. The number of benzene rings is 1. The zero-order chi connectivity index (χ0) is 19.5. The number of hydrogen-bond acceptors (Lipinski definition) is 7. The van der Waals surface area contributed by atoms with Crippen molar-refractivity contribution in [2.24, 2.45) is 0 Å². The van der Waals surface area contributed by atoms with Crippen LogP contribution < -0.4 is 14.8 Å². The zero-order valence-electron chi connectivity index (χ0n) is 15.0. The summed E-state index contributed by atoms with van der Waals surface area (Å²) in [6.45, 7) is 2.18. The molecule has 0 fully saturated rings. The topological polar surface area (TPSA) is 87.0 Å². The summed E-state index contributed by atoms with van der Waals surface area (Å²) in [5.41, 5.74) is 0.868. The molecule has 1 aliphatic heterocycles. The van der Waals surface area contributed by atoms with Crippen LogP contribution in [0.25, 0.3) is 0 Å². The van der Waals surface area contributed by atoms with Gasteiger partial charge in [0, 0.05) is 10.9 Å². The minimum atomic E-state index is -0.532. The van der Waals surface area contributed by atoms with Crippen molar-refractivity contribution in [3.8, 4) is 11.5 Å². The van der Waals surface area contributed by atoms with E-state index in [1.54, 1.807) is 30.5 Å². The van der Waals surface area contributed by atoms with E-state index in [4.69, 9.17) is 18.6 Å². The molecule has 0 spiro atoms. The molecule has 1 atom stereocenters. The molecule has 1 aliphatic rings. The highest BCUT2D eigenvalue weighted by atomic mass is 32.1. The summed E-state index contributed by atoms with van der Waals surface area (Å²) in [6.07, 6.45) is 0.908. The molecular formula is C20H17NO6S. The van der Waals surface area contributed by atoms with Crippen LogP contribution in [0.1, 0.15) is 39.5 Å². The van der Waals surface area contributed by atoms with Crippen LogP contribution in [0, 0.1) is 0 Å². The molecule has 4 rings (SSSR count). The van der Waals surface area contributed by atoms with Crippen LogP contribution >= 0.6 is 11.3 Å². The number of thiophene rings is 1. The smallest absolute Gasteiger partial charge is 0.341 e. The molecule has 8 heteroatoms. The Labute approximate surface area is 164 Å². The maximum atomic E-state index is 12.6. The standard InChI is InChI=1S/C20H17NO6S/c1-2-24-20(23)17-12(16-10-26-13-6-3-4-7-14(13)27-16)11-28-19(17)21-18(22)15-8-5-9-25-15/h3-9,11,16H,2,10H2,1H3,(H,21,22)/t16-/m0/s1. The maximum absolute atomic E-state index is 12.6. The fourth-order valence-electron chi connectivity index (χ4n) is 2.86. The average molecular weight is 399 g/mol. The second-order valence-electron chi connectivity index (χ2n) is 5.91. The molecule has 0 saturated carbocycles. The third-order valence-electron chi connectivity index (χ3n) is 4.13. The highest BCUT2D eigenvalue weighted by Crippen LogP contribution is 2.40. The summed E-state index contributed by atoms with van der Waals surface area (Å²) >= 11 is 1.22. The second-order valence-corrected chi connectivity index (χ2v) is 6.79. The molecule has 144 valence electrons. The number of carbonyl (C=O) groups excluding carboxylic acids is 2. The quantitative estimate of drug-likeness (QED) is 0.645. The monoisotopic (exact) mass is 399 g/mol. The van der Waals surface area contributed by atoms with Crippen LogP contribution in [0.3, 0.4) is 0 Å². The highest BCUT2D eigenvalue weighted by Gasteiger charge is 2.31. The number of fused-ring (bicyclic) bond motifs is 1. The van der Waals surface area contributed by atoms with Gasteiger partial charge in [0.1, 0.15) is 17.2 Å². The third-order valence-corrected chi connectivity index (χ3v) is 5.04. The van der Waals surface area contributed by atoms with Crippen LogP contribution in [0.2, 0.25) is 0 Å². The van der Waals surface area contributed by atoms with Gasteiger partial charge in [-0.1, -0.05) is 12.1 Å². The van der Waals surface area contributed by atoms with Crippen molar-refractivity contribution in [2.45, 2.75) is 13.0 Å². The van der Waals surface area contributed by atoms with Gasteiger partial charge in [-0.05, 0) is 31.2 Å². The number of rotatable bonds is 5. The fraction of sp³-hybridized carbons (Fsp3) is 0.200. The third kappa shape index (κ3) is 3.46. The number of para-hydroxylation sites is 2. The second kappa shape index (κ2) is 7.77. The van der Waals surface area contributed by atoms with Gasteiger partial charge in [-0.15, -0.1) is 11.3 Å². The fourth-order valence-corrected chi connectivity index (χ4v) is 3.84. The van der Waals surface area contributed by atoms with E-state index in [9.17, 15) is 9.59 Å². The summed E-state index contributed by atoms with van der Waals surface area (Å²) in [5, 5.41) is 4.86. The minimum Gasteiger partial charge on any atom is -0.485 e. The summed E-state index contributed by atoms with van der Waals surface area (Å²) in [6, 6.07) is 10.5. The van der Waals surface area contributed by atoms with E-state index in [1.807, 2.05) is 18.2 Å². The normalized spacial score (nSPS) is 15.1. The van der Waals surface area contributed by atoms with Gasteiger partial charge in [0.15, 0.2) is 23.4 Å².